The van der Waals surface area contributed by atoms with Crippen molar-refractivity contribution < 1.29 is 9.47 Å². The van der Waals surface area contributed by atoms with E-state index in [1.807, 2.05) is 36.4 Å². The van der Waals surface area contributed by atoms with Crippen LogP contribution in [0.3, 0.4) is 0 Å². The maximum atomic E-state index is 6.19. The van der Waals surface area contributed by atoms with E-state index in [0.717, 1.165) is 27.1 Å². The van der Waals surface area contributed by atoms with Gasteiger partial charge in [-0.25, -0.2) is 0 Å². The first-order chi connectivity index (χ1) is 9.63. The Kier molecular flexibility index (Phi) is 5.29. The predicted molar refractivity (Wildman–Crippen MR) is 84.4 cm³/mol. The van der Waals surface area contributed by atoms with Crippen LogP contribution in [-0.4, -0.2) is 7.11 Å². The van der Waals surface area contributed by atoms with Gasteiger partial charge in [-0.05, 0) is 45.8 Å². The van der Waals surface area contributed by atoms with Crippen molar-refractivity contribution >= 4 is 27.5 Å². The molecule has 0 aliphatic rings. The number of methoxy groups -OCH3 is 1. The van der Waals surface area contributed by atoms with Gasteiger partial charge in [0, 0.05) is 17.1 Å². The predicted octanol–water partition coefficient (Wildman–Crippen LogP) is 4.15. The van der Waals surface area contributed by atoms with Crippen LogP contribution in [0.15, 0.2) is 40.9 Å². The largest absolute Gasteiger partial charge is 0.497 e. The molecule has 0 aromatic heterocycles. The van der Waals surface area contributed by atoms with Crippen LogP contribution in [0, 0.1) is 0 Å². The lowest BCUT2D eigenvalue weighted by atomic mass is 10.1. The van der Waals surface area contributed by atoms with Crippen molar-refractivity contribution in [3.63, 3.8) is 0 Å². The molecule has 0 unspecified atom stereocenters. The maximum Gasteiger partial charge on any atom is 0.134 e. The second-order valence-electron chi connectivity index (χ2n) is 4.21. The Morgan fingerprint density at radius 2 is 2.00 bits per heavy atom. The summed E-state index contributed by atoms with van der Waals surface area (Å²) in [6.45, 7) is 0.875. The molecule has 0 spiro atoms. The van der Waals surface area contributed by atoms with E-state index >= 15 is 0 Å². The number of halogens is 2. The van der Waals surface area contributed by atoms with E-state index in [9.17, 15) is 0 Å². The molecule has 2 aromatic rings. The molecule has 0 bridgehead atoms. The molecule has 20 heavy (non-hydrogen) atoms. The number of ether oxygens (including phenoxy) is 2. The minimum absolute atomic E-state index is 0.397. The van der Waals surface area contributed by atoms with E-state index in [1.165, 1.54) is 0 Å². The van der Waals surface area contributed by atoms with Crippen molar-refractivity contribution in [1.82, 2.24) is 0 Å². The third kappa shape index (κ3) is 3.66. The maximum absolute atomic E-state index is 6.19. The van der Waals surface area contributed by atoms with E-state index in [2.05, 4.69) is 15.9 Å². The van der Waals surface area contributed by atoms with Crippen LogP contribution in [0.4, 0.5) is 0 Å². The van der Waals surface area contributed by atoms with Gasteiger partial charge in [0.1, 0.15) is 18.1 Å². The lowest BCUT2D eigenvalue weighted by Crippen LogP contribution is -2.00. The van der Waals surface area contributed by atoms with Crippen molar-refractivity contribution in [2.75, 3.05) is 7.11 Å². The van der Waals surface area contributed by atoms with E-state index in [0.29, 0.717) is 18.2 Å². The van der Waals surface area contributed by atoms with Gasteiger partial charge in [-0.2, -0.15) is 0 Å². The minimum atomic E-state index is 0.397. The Labute approximate surface area is 131 Å². The van der Waals surface area contributed by atoms with Crippen LogP contribution in [0.2, 0.25) is 5.02 Å². The van der Waals surface area contributed by atoms with Gasteiger partial charge in [-0.3, -0.25) is 0 Å². The zero-order valence-electron chi connectivity index (χ0n) is 11.0. The molecule has 0 amide bonds. The molecule has 0 aliphatic heterocycles. The molecular formula is C15H15BrClNO2. The quantitative estimate of drug-likeness (QED) is 0.875. The summed E-state index contributed by atoms with van der Waals surface area (Å²) in [6, 6.07) is 11.3. The van der Waals surface area contributed by atoms with Gasteiger partial charge in [0.25, 0.3) is 0 Å². The Morgan fingerprint density at radius 1 is 1.20 bits per heavy atom. The number of rotatable bonds is 5. The summed E-state index contributed by atoms with van der Waals surface area (Å²) in [7, 11) is 1.63. The van der Waals surface area contributed by atoms with E-state index in [1.54, 1.807) is 7.11 Å². The molecule has 0 heterocycles. The summed E-state index contributed by atoms with van der Waals surface area (Å²) >= 11 is 9.64. The lowest BCUT2D eigenvalue weighted by Gasteiger charge is -2.11. The van der Waals surface area contributed by atoms with Crippen LogP contribution in [0.1, 0.15) is 11.1 Å². The third-order valence-corrected chi connectivity index (χ3v) is 3.85. The average Bonchev–Trinajstić information content (AvgIpc) is 2.46. The van der Waals surface area contributed by atoms with Crippen molar-refractivity contribution in [2.24, 2.45) is 5.73 Å². The fourth-order valence-corrected chi connectivity index (χ4v) is 2.45. The fraction of sp³-hybridized carbons (Fsp3) is 0.200. The molecule has 0 radical (unpaired) electrons. The highest BCUT2D eigenvalue weighted by Gasteiger charge is 2.06. The zero-order valence-corrected chi connectivity index (χ0v) is 13.4. The Bertz CT molecular complexity index is 551. The smallest absolute Gasteiger partial charge is 0.134 e. The SMILES string of the molecule is COc1ccc(OCc2ccc(CN)cc2Cl)c(Br)c1. The normalized spacial score (nSPS) is 10.4. The second kappa shape index (κ2) is 6.97. The Balaban J connectivity index is 2.09. The van der Waals surface area contributed by atoms with E-state index < -0.39 is 0 Å². The molecule has 3 nitrogen and oxygen atoms in total. The first-order valence-corrected chi connectivity index (χ1v) is 7.25. The molecular weight excluding hydrogens is 342 g/mol. The summed E-state index contributed by atoms with van der Waals surface area (Å²) in [5.41, 5.74) is 7.50. The van der Waals surface area contributed by atoms with Gasteiger partial charge in [0.2, 0.25) is 0 Å². The summed E-state index contributed by atoms with van der Waals surface area (Å²) in [6.07, 6.45) is 0. The van der Waals surface area contributed by atoms with Crippen LogP contribution < -0.4 is 15.2 Å². The minimum Gasteiger partial charge on any atom is -0.497 e. The topological polar surface area (TPSA) is 44.5 Å². The summed E-state index contributed by atoms with van der Waals surface area (Å²) < 4.78 is 11.7. The van der Waals surface area contributed by atoms with Gasteiger partial charge < -0.3 is 15.2 Å². The summed E-state index contributed by atoms with van der Waals surface area (Å²) in [4.78, 5) is 0. The van der Waals surface area contributed by atoms with Gasteiger partial charge in [-0.15, -0.1) is 0 Å². The van der Waals surface area contributed by atoms with Crippen molar-refractivity contribution in [1.29, 1.82) is 0 Å². The highest BCUT2D eigenvalue weighted by atomic mass is 79.9. The van der Waals surface area contributed by atoms with Crippen molar-refractivity contribution in [3.05, 3.63) is 57.0 Å². The van der Waals surface area contributed by atoms with Gasteiger partial charge >= 0.3 is 0 Å². The van der Waals surface area contributed by atoms with Gasteiger partial charge in [0.15, 0.2) is 0 Å². The van der Waals surface area contributed by atoms with Crippen molar-refractivity contribution in [2.45, 2.75) is 13.2 Å². The summed E-state index contributed by atoms with van der Waals surface area (Å²) in [5, 5.41) is 0.664. The van der Waals surface area contributed by atoms with E-state index in [-0.39, 0.29) is 0 Å². The van der Waals surface area contributed by atoms with Crippen LogP contribution in [0.25, 0.3) is 0 Å². The molecule has 106 valence electrons. The van der Waals surface area contributed by atoms with Crippen molar-refractivity contribution in [3.8, 4) is 11.5 Å². The first kappa shape index (κ1) is 15.2. The van der Waals surface area contributed by atoms with Crippen LogP contribution in [0.5, 0.6) is 11.5 Å². The molecule has 0 saturated carbocycles. The molecule has 2 aromatic carbocycles. The molecule has 2 rings (SSSR count). The lowest BCUT2D eigenvalue weighted by molar-refractivity contribution is 0.303. The Hall–Kier alpha value is -1.23. The molecule has 0 saturated heterocycles. The highest BCUT2D eigenvalue weighted by molar-refractivity contribution is 9.10. The molecule has 2 N–H and O–H groups in total. The molecule has 0 fully saturated rings. The zero-order chi connectivity index (χ0) is 14.5. The second-order valence-corrected chi connectivity index (χ2v) is 5.48. The molecule has 0 atom stereocenters. The van der Waals surface area contributed by atoms with Crippen LogP contribution in [-0.2, 0) is 13.2 Å². The fourth-order valence-electron chi connectivity index (χ4n) is 1.72. The van der Waals surface area contributed by atoms with Gasteiger partial charge in [-0.1, -0.05) is 23.7 Å². The number of nitrogens with two attached hydrogens (primary N) is 1. The monoisotopic (exact) mass is 355 g/mol. The highest BCUT2D eigenvalue weighted by Crippen LogP contribution is 2.30. The molecule has 5 heteroatoms. The van der Waals surface area contributed by atoms with Gasteiger partial charge in [0.05, 0.1) is 11.6 Å². The summed E-state index contributed by atoms with van der Waals surface area (Å²) in [5.74, 6) is 1.51. The number of hydrogen-bond donors (Lipinski definition) is 1. The standard InChI is InChI=1S/C15H15BrClNO2/c1-19-12-4-5-15(13(16)7-12)20-9-11-3-2-10(8-18)6-14(11)17/h2-7H,8-9,18H2,1H3. The number of benzene rings is 2. The van der Waals surface area contributed by atoms with Crippen LogP contribution >= 0.6 is 27.5 Å². The first-order valence-electron chi connectivity index (χ1n) is 6.07. The molecule has 0 aliphatic carbocycles. The Morgan fingerprint density at radius 3 is 2.60 bits per heavy atom. The third-order valence-electron chi connectivity index (χ3n) is 2.88. The average molecular weight is 357 g/mol. The number of hydrogen-bond acceptors (Lipinski definition) is 3. The van der Waals surface area contributed by atoms with E-state index in [4.69, 9.17) is 26.8 Å².